The molecule has 146 valence electrons. The zero-order chi connectivity index (χ0) is 19.9. The number of halogens is 1. The Morgan fingerprint density at radius 2 is 1.79 bits per heavy atom. The Morgan fingerprint density at radius 1 is 1.11 bits per heavy atom. The summed E-state index contributed by atoms with van der Waals surface area (Å²) in [6.45, 7) is 1.95. The van der Waals surface area contributed by atoms with Crippen LogP contribution in [0.2, 0.25) is 0 Å². The number of carbonyl (C=O) groups excluding carboxylic acids is 2. The van der Waals surface area contributed by atoms with Gasteiger partial charge >= 0.3 is 0 Å². The summed E-state index contributed by atoms with van der Waals surface area (Å²) in [4.78, 5) is 27.5. The summed E-state index contributed by atoms with van der Waals surface area (Å²) >= 11 is 3.38. The smallest absolute Gasteiger partial charge is 0.270 e. The third-order valence-corrected chi connectivity index (χ3v) is 5.01. The maximum atomic E-state index is 13.0. The molecule has 1 N–H and O–H groups in total. The van der Waals surface area contributed by atoms with E-state index < -0.39 is 0 Å². The molecular formula is C21H21BrN2O4. The summed E-state index contributed by atoms with van der Waals surface area (Å²) in [5, 5.41) is 2.78. The molecule has 1 saturated heterocycles. The Balaban J connectivity index is 1.88. The zero-order valence-corrected chi connectivity index (χ0v) is 17.1. The van der Waals surface area contributed by atoms with E-state index in [1.54, 1.807) is 48.4 Å². The molecule has 0 aliphatic carbocycles. The van der Waals surface area contributed by atoms with Gasteiger partial charge in [-0.2, -0.15) is 0 Å². The SMILES string of the molecule is COc1ccc(C=C(NC(=O)c2ccccc2Br)C(=O)N2CCOCC2)cc1. The summed E-state index contributed by atoms with van der Waals surface area (Å²) in [6.07, 6.45) is 1.67. The van der Waals surface area contributed by atoms with E-state index in [0.29, 0.717) is 36.3 Å². The number of nitrogens with one attached hydrogen (secondary N) is 1. The predicted octanol–water partition coefficient (Wildman–Crippen LogP) is 3.09. The average Bonchev–Trinajstić information content (AvgIpc) is 2.74. The van der Waals surface area contributed by atoms with Crippen LogP contribution in [-0.2, 0) is 9.53 Å². The van der Waals surface area contributed by atoms with Crippen molar-refractivity contribution in [2.75, 3.05) is 33.4 Å². The number of benzene rings is 2. The van der Waals surface area contributed by atoms with E-state index >= 15 is 0 Å². The number of morpholine rings is 1. The molecule has 7 heteroatoms. The van der Waals surface area contributed by atoms with Crippen molar-refractivity contribution >= 4 is 33.8 Å². The van der Waals surface area contributed by atoms with E-state index in [4.69, 9.17) is 9.47 Å². The maximum absolute atomic E-state index is 13.0. The van der Waals surface area contributed by atoms with E-state index in [-0.39, 0.29) is 17.5 Å². The lowest BCUT2D eigenvalue weighted by Gasteiger charge is -2.28. The van der Waals surface area contributed by atoms with Crippen LogP contribution in [0, 0.1) is 0 Å². The lowest BCUT2D eigenvalue weighted by Crippen LogP contribution is -2.44. The Morgan fingerprint density at radius 3 is 2.43 bits per heavy atom. The van der Waals surface area contributed by atoms with Gasteiger partial charge in [0.25, 0.3) is 11.8 Å². The van der Waals surface area contributed by atoms with Crippen LogP contribution in [0.1, 0.15) is 15.9 Å². The molecule has 2 aromatic rings. The van der Waals surface area contributed by atoms with Gasteiger partial charge in [-0.3, -0.25) is 9.59 Å². The quantitative estimate of drug-likeness (QED) is 0.719. The van der Waals surface area contributed by atoms with Gasteiger partial charge < -0.3 is 19.7 Å². The lowest BCUT2D eigenvalue weighted by atomic mass is 10.1. The fourth-order valence-electron chi connectivity index (χ4n) is 2.79. The summed E-state index contributed by atoms with van der Waals surface area (Å²) in [5.74, 6) is 0.129. The number of hydrogen-bond acceptors (Lipinski definition) is 4. The van der Waals surface area contributed by atoms with Crippen LogP contribution < -0.4 is 10.1 Å². The molecule has 6 nitrogen and oxygen atoms in total. The van der Waals surface area contributed by atoms with E-state index in [9.17, 15) is 9.59 Å². The van der Waals surface area contributed by atoms with Crippen molar-refractivity contribution in [3.63, 3.8) is 0 Å². The van der Waals surface area contributed by atoms with Crippen molar-refractivity contribution in [3.05, 3.63) is 69.8 Å². The molecule has 0 spiro atoms. The number of carbonyl (C=O) groups is 2. The second-order valence-electron chi connectivity index (χ2n) is 6.17. The highest BCUT2D eigenvalue weighted by molar-refractivity contribution is 9.10. The Kier molecular flexibility index (Phi) is 6.84. The van der Waals surface area contributed by atoms with Gasteiger partial charge in [-0.1, -0.05) is 24.3 Å². The fourth-order valence-corrected chi connectivity index (χ4v) is 3.25. The van der Waals surface area contributed by atoms with Crippen LogP contribution in [0.3, 0.4) is 0 Å². The number of rotatable bonds is 5. The highest BCUT2D eigenvalue weighted by Gasteiger charge is 2.23. The Labute approximate surface area is 172 Å². The summed E-state index contributed by atoms with van der Waals surface area (Å²) in [6, 6.07) is 14.3. The van der Waals surface area contributed by atoms with Crippen LogP contribution in [-0.4, -0.2) is 50.1 Å². The van der Waals surface area contributed by atoms with Crippen molar-refractivity contribution in [1.29, 1.82) is 0 Å². The first-order valence-electron chi connectivity index (χ1n) is 8.87. The van der Waals surface area contributed by atoms with Crippen molar-refractivity contribution in [2.24, 2.45) is 0 Å². The third-order valence-electron chi connectivity index (χ3n) is 4.32. The first kappa shape index (κ1) is 20.1. The fraction of sp³-hybridized carbons (Fsp3) is 0.238. The van der Waals surface area contributed by atoms with Gasteiger partial charge in [-0.25, -0.2) is 0 Å². The first-order valence-corrected chi connectivity index (χ1v) is 9.66. The van der Waals surface area contributed by atoms with Gasteiger partial charge in [-0.15, -0.1) is 0 Å². The van der Waals surface area contributed by atoms with Crippen molar-refractivity contribution in [3.8, 4) is 5.75 Å². The zero-order valence-electron chi connectivity index (χ0n) is 15.5. The molecule has 1 aliphatic heterocycles. The third kappa shape index (κ3) is 4.99. The van der Waals surface area contributed by atoms with Gasteiger partial charge in [0.15, 0.2) is 0 Å². The standard InChI is InChI=1S/C21H21BrN2O4/c1-27-16-8-6-15(7-9-16)14-19(21(26)24-10-12-28-13-11-24)23-20(25)17-4-2-3-5-18(17)22/h2-9,14H,10-13H2,1H3,(H,23,25). The number of nitrogens with zero attached hydrogens (tertiary/aromatic N) is 1. The molecule has 1 heterocycles. The summed E-state index contributed by atoms with van der Waals surface area (Å²) < 4.78 is 11.1. The largest absolute Gasteiger partial charge is 0.497 e. The number of hydrogen-bond donors (Lipinski definition) is 1. The summed E-state index contributed by atoms with van der Waals surface area (Å²) in [7, 11) is 1.59. The molecule has 0 unspecified atom stereocenters. The molecular weight excluding hydrogens is 424 g/mol. The minimum atomic E-state index is -0.353. The van der Waals surface area contributed by atoms with Gasteiger partial charge in [0.1, 0.15) is 11.4 Å². The molecule has 2 amide bonds. The molecule has 28 heavy (non-hydrogen) atoms. The molecule has 0 atom stereocenters. The minimum Gasteiger partial charge on any atom is -0.497 e. The Hall–Kier alpha value is -2.64. The topological polar surface area (TPSA) is 67.9 Å². The highest BCUT2D eigenvalue weighted by atomic mass is 79.9. The van der Waals surface area contributed by atoms with Crippen molar-refractivity contribution < 1.29 is 19.1 Å². The molecule has 2 aromatic carbocycles. The number of ether oxygens (including phenoxy) is 2. The van der Waals surface area contributed by atoms with E-state index in [1.807, 2.05) is 18.2 Å². The molecule has 0 radical (unpaired) electrons. The molecule has 3 rings (SSSR count). The van der Waals surface area contributed by atoms with Crippen LogP contribution in [0.5, 0.6) is 5.75 Å². The van der Waals surface area contributed by atoms with Crippen LogP contribution >= 0.6 is 15.9 Å². The average molecular weight is 445 g/mol. The second kappa shape index (κ2) is 9.52. The first-order chi connectivity index (χ1) is 13.6. The van der Waals surface area contributed by atoms with E-state index in [2.05, 4.69) is 21.2 Å². The number of methoxy groups -OCH3 is 1. The van der Waals surface area contributed by atoms with Crippen molar-refractivity contribution in [1.82, 2.24) is 10.2 Å². The van der Waals surface area contributed by atoms with E-state index in [1.165, 1.54) is 0 Å². The molecule has 0 aromatic heterocycles. The van der Waals surface area contributed by atoms with Gasteiger partial charge in [-0.05, 0) is 51.8 Å². The maximum Gasteiger partial charge on any atom is 0.270 e. The van der Waals surface area contributed by atoms with Crippen molar-refractivity contribution in [2.45, 2.75) is 0 Å². The summed E-state index contributed by atoms with van der Waals surface area (Å²) in [5.41, 5.74) is 1.45. The second-order valence-corrected chi connectivity index (χ2v) is 7.02. The van der Waals surface area contributed by atoms with Gasteiger partial charge in [0.2, 0.25) is 0 Å². The molecule has 0 saturated carbocycles. The molecule has 1 fully saturated rings. The molecule has 0 bridgehead atoms. The monoisotopic (exact) mass is 444 g/mol. The van der Waals surface area contributed by atoms with Crippen LogP contribution in [0.15, 0.2) is 58.7 Å². The van der Waals surface area contributed by atoms with E-state index in [0.717, 1.165) is 11.3 Å². The highest BCUT2D eigenvalue weighted by Crippen LogP contribution is 2.18. The molecule has 1 aliphatic rings. The normalized spacial score (nSPS) is 14.5. The van der Waals surface area contributed by atoms with Gasteiger partial charge in [0.05, 0.1) is 25.9 Å². The predicted molar refractivity (Wildman–Crippen MR) is 110 cm³/mol. The number of amides is 2. The lowest BCUT2D eigenvalue weighted by molar-refractivity contribution is -0.131. The van der Waals surface area contributed by atoms with Crippen LogP contribution in [0.25, 0.3) is 6.08 Å². The minimum absolute atomic E-state index is 0.216. The Bertz CT molecular complexity index is 874. The van der Waals surface area contributed by atoms with Crippen LogP contribution in [0.4, 0.5) is 0 Å². The van der Waals surface area contributed by atoms with Gasteiger partial charge in [0, 0.05) is 17.6 Å².